The van der Waals surface area contributed by atoms with Gasteiger partial charge in [0.05, 0.1) is 11.1 Å². The molecule has 6 nitrogen and oxygen atoms in total. The maximum Gasteiger partial charge on any atom is 0.236 e. The number of carbonyl (C=O) groups excluding carboxylic acids is 2. The number of anilines is 2. The summed E-state index contributed by atoms with van der Waals surface area (Å²) in [5.74, 6) is 0.357. The van der Waals surface area contributed by atoms with Crippen LogP contribution in [0.1, 0.15) is 99.8 Å². The first kappa shape index (κ1) is 27.7. The van der Waals surface area contributed by atoms with Gasteiger partial charge in [0, 0.05) is 49.7 Å². The highest BCUT2D eigenvalue weighted by Gasteiger charge is 2.39. The number of Topliss-reactive ketones (excluding diaryl/α,β-unsaturated/α-hetero) is 2. The quantitative estimate of drug-likeness (QED) is 0.241. The minimum absolute atomic E-state index is 0.0117. The smallest absolute Gasteiger partial charge is 0.236 e. The number of unbranched alkanes of at least 4 members (excludes halogenated alkanes) is 4. The molecule has 2 aliphatic rings. The number of rotatable bonds is 14. The molecule has 204 valence electrons. The molecule has 2 aliphatic heterocycles. The minimum Gasteiger partial charge on any atom is -0.448 e. The first-order valence-electron chi connectivity index (χ1n) is 14.5. The monoisotopic (exact) mass is 518 g/mol. The predicted octanol–water partition coefficient (Wildman–Crippen LogP) is 7.56. The van der Waals surface area contributed by atoms with E-state index in [0.29, 0.717) is 22.6 Å². The summed E-state index contributed by atoms with van der Waals surface area (Å²) in [5, 5.41) is 0. The minimum atomic E-state index is -0.302. The summed E-state index contributed by atoms with van der Waals surface area (Å²) in [6.07, 6.45) is 8.90. The number of ketones is 2. The fourth-order valence-electron chi connectivity index (χ4n) is 4.95. The molecule has 0 fully saturated rings. The van der Waals surface area contributed by atoms with E-state index in [2.05, 4.69) is 37.5 Å². The molecule has 38 heavy (non-hydrogen) atoms. The van der Waals surface area contributed by atoms with Crippen LogP contribution in [0.25, 0.3) is 0 Å². The molecule has 0 bridgehead atoms. The molecular formula is C32H42N2O4. The second kappa shape index (κ2) is 13.0. The van der Waals surface area contributed by atoms with Crippen LogP contribution in [0.5, 0.6) is 11.5 Å². The SMILES string of the molecule is CCCCN(CCCC)c1ccc2c(c1)O/C(=C1/Oc3cc(N(CCCC)CCCC)ccc3C1=O)C2=O. The third kappa shape index (κ3) is 5.90. The van der Waals surface area contributed by atoms with Gasteiger partial charge in [0.25, 0.3) is 0 Å². The molecule has 6 heteroatoms. The van der Waals surface area contributed by atoms with Gasteiger partial charge in [-0.25, -0.2) is 0 Å². The zero-order valence-electron chi connectivity index (χ0n) is 23.5. The van der Waals surface area contributed by atoms with E-state index in [1.165, 1.54) is 0 Å². The van der Waals surface area contributed by atoms with Crippen LogP contribution >= 0.6 is 0 Å². The molecule has 2 aromatic rings. The summed E-state index contributed by atoms with van der Waals surface area (Å²) >= 11 is 0. The van der Waals surface area contributed by atoms with Crippen LogP contribution in [-0.4, -0.2) is 37.7 Å². The van der Waals surface area contributed by atoms with Crippen molar-refractivity contribution < 1.29 is 19.1 Å². The lowest BCUT2D eigenvalue weighted by Crippen LogP contribution is -2.25. The van der Waals surface area contributed by atoms with Crippen molar-refractivity contribution in [2.24, 2.45) is 0 Å². The van der Waals surface area contributed by atoms with E-state index >= 15 is 0 Å². The Morgan fingerprint density at radius 1 is 0.553 bits per heavy atom. The van der Waals surface area contributed by atoms with E-state index in [1.54, 1.807) is 0 Å². The van der Waals surface area contributed by atoms with Gasteiger partial charge in [-0.3, -0.25) is 9.59 Å². The largest absolute Gasteiger partial charge is 0.448 e. The normalized spacial score (nSPS) is 15.8. The molecule has 0 saturated carbocycles. The maximum atomic E-state index is 13.3. The Morgan fingerprint density at radius 2 is 0.895 bits per heavy atom. The lowest BCUT2D eigenvalue weighted by molar-refractivity contribution is 0.0960. The lowest BCUT2D eigenvalue weighted by Gasteiger charge is -2.25. The van der Waals surface area contributed by atoms with Crippen molar-refractivity contribution in [1.29, 1.82) is 0 Å². The van der Waals surface area contributed by atoms with Crippen LogP contribution < -0.4 is 19.3 Å². The van der Waals surface area contributed by atoms with Crippen LogP contribution in [0.2, 0.25) is 0 Å². The van der Waals surface area contributed by atoms with E-state index < -0.39 is 0 Å². The first-order valence-corrected chi connectivity index (χ1v) is 14.5. The molecule has 2 heterocycles. The molecule has 0 atom stereocenters. The molecule has 4 rings (SSSR count). The lowest BCUT2D eigenvalue weighted by atomic mass is 10.1. The molecule has 0 radical (unpaired) electrons. The molecule has 2 aromatic carbocycles. The Balaban J connectivity index is 1.58. The van der Waals surface area contributed by atoms with Crippen molar-refractivity contribution in [2.45, 2.75) is 79.1 Å². The highest BCUT2D eigenvalue weighted by atomic mass is 16.5. The number of nitrogens with zero attached hydrogens (tertiary/aromatic N) is 2. The molecule has 0 N–H and O–H groups in total. The van der Waals surface area contributed by atoms with E-state index in [1.807, 2.05) is 36.4 Å². The molecule has 0 spiro atoms. The average Bonchev–Trinajstić information content (AvgIpc) is 3.44. The zero-order valence-corrected chi connectivity index (χ0v) is 23.5. The van der Waals surface area contributed by atoms with Crippen molar-refractivity contribution in [3.63, 3.8) is 0 Å². The van der Waals surface area contributed by atoms with Crippen LogP contribution in [-0.2, 0) is 0 Å². The van der Waals surface area contributed by atoms with Crippen molar-refractivity contribution >= 4 is 22.9 Å². The third-order valence-corrected chi connectivity index (χ3v) is 7.32. The fraction of sp³-hybridized carbons (Fsp3) is 0.500. The number of hydrogen-bond acceptors (Lipinski definition) is 6. The van der Waals surface area contributed by atoms with E-state index in [4.69, 9.17) is 9.47 Å². The van der Waals surface area contributed by atoms with Gasteiger partial charge in [0.1, 0.15) is 11.5 Å². The Labute approximate surface area is 227 Å². The van der Waals surface area contributed by atoms with Crippen LogP contribution in [0.3, 0.4) is 0 Å². The number of carbonyl (C=O) groups is 2. The summed E-state index contributed by atoms with van der Waals surface area (Å²) in [7, 11) is 0. The van der Waals surface area contributed by atoms with Crippen LogP contribution in [0.4, 0.5) is 11.4 Å². The van der Waals surface area contributed by atoms with Crippen molar-refractivity contribution in [3.05, 3.63) is 59.0 Å². The van der Waals surface area contributed by atoms with Crippen LogP contribution in [0, 0.1) is 0 Å². The average molecular weight is 519 g/mol. The van der Waals surface area contributed by atoms with Gasteiger partial charge in [-0.1, -0.05) is 53.4 Å². The maximum absolute atomic E-state index is 13.3. The first-order chi connectivity index (χ1) is 18.5. The van der Waals surface area contributed by atoms with Crippen molar-refractivity contribution in [2.75, 3.05) is 36.0 Å². The number of allylic oxidation sites excluding steroid dienone is 2. The molecule has 0 saturated heterocycles. The van der Waals surface area contributed by atoms with Crippen molar-refractivity contribution in [1.82, 2.24) is 0 Å². The second-order valence-electron chi connectivity index (χ2n) is 10.3. The Hall–Kier alpha value is -3.28. The summed E-state index contributed by atoms with van der Waals surface area (Å²) in [4.78, 5) is 31.3. The van der Waals surface area contributed by atoms with E-state index in [-0.39, 0.29) is 23.1 Å². The topological polar surface area (TPSA) is 59.1 Å². The van der Waals surface area contributed by atoms with Gasteiger partial charge in [0.2, 0.25) is 23.1 Å². The third-order valence-electron chi connectivity index (χ3n) is 7.32. The Kier molecular flexibility index (Phi) is 9.48. The molecule has 0 amide bonds. The van der Waals surface area contributed by atoms with Crippen molar-refractivity contribution in [3.8, 4) is 11.5 Å². The fourth-order valence-corrected chi connectivity index (χ4v) is 4.95. The van der Waals surface area contributed by atoms with Gasteiger partial charge in [-0.2, -0.15) is 0 Å². The molecule has 0 aliphatic carbocycles. The van der Waals surface area contributed by atoms with E-state index in [0.717, 1.165) is 88.9 Å². The molecule has 0 unspecified atom stereocenters. The Bertz CT molecular complexity index is 1080. The molecule has 0 aromatic heterocycles. The van der Waals surface area contributed by atoms with Crippen LogP contribution in [0.15, 0.2) is 47.9 Å². The standard InChI is InChI=1S/C32H42N2O4/c1-5-9-17-33(18-10-6-2)23-13-15-25-27(21-23)37-31(29(25)35)32-30(36)26-16-14-24(22-28(26)38-32)34(19-11-7-3)20-12-8-4/h13-16,21-22H,5-12,17-20H2,1-4H3/b32-31+. The summed E-state index contributed by atoms with van der Waals surface area (Å²) in [6.45, 7) is 12.6. The second-order valence-corrected chi connectivity index (χ2v) is 10.3. The van der Waals surface area contributed by atoms with Gasteiger partial charge < -0.3 is 19.3 Å². The highest BCUT2D eigenvalue weighted by molar-refractivity contribution is 6.21. The van der Waals surface area contributed by atoms with Gasteiger partial charge in [-0.05, 0) is 49.9 Å². The number of benzene rings is 2. The van der Waals surface area contributed by atoms with E-state index in [9.17, 15) is 9.59 Å². The zero-order chi connectivity index (χ0) is 27.1. The summed E-state index contributed by atoms with van der Waals surface area (Å²) in [5.41, 5.74) is 3.02. The molecular weight excluding hydrogens is 476 g/mol. The Morgan fingerprint density at radius 3 is 1.21 bits per heavy atom. The summed E-state index contributed by atoms with van der Waals surface area (Å²) < 4.78 is 12.1. The van der Waals surface area contributed by atoms with Gasteiger partial charge >= 0.3 is 0 Å². The number of fused-ring (bicyclic) bond motifs is 2. The van der Waals surface area contributed by atoms with Gasteiger partial charge in [0.15, 0.2) is 0 Å². The summed E-state index contributed by atoms with van der Waals surface area (Å²) in [6, 6.07) is 11.5. The number of hydrogen-bond donors (Lipinski definition) is 0. The highest BCUT2D eigenvalue weighted by Crippen LogP contribution is 2.41. The van der Waals surface area contributed by atoms with Gasteiger partial charge in [-0.15, -0.1) is 0 Å². The predicted molar refractivity (Wildman–Crippen MR) is 154 cm³/mol. The number of ether oxygens (including phenoxy) is 2.